The Morgan fingerprint density at radius 2 is 1.95 bits per heavy atom. The second-order valence-electron chi connectivity index (χ2n) is 5.05. The molecule has 5 heteroatoms. The minimum absolute atomic E-state index is 0.0601. The Morgan fingerprint density at radius 1 is 1.27 bits per heavy atom. The van der Waals surface area contributed by atoms with Gasteiger partial charge >= 0.3 is 0 Å². The average molecular weight is 302 g/mol. The highest BCUT2D eigenvalue weighted by Gasteiger charge is 2.10. The van der Waals surface area contributed by atoms with Crippen molar-refractivity contribution in [2.24, 2.45) is 0 Å². The SMILES string of the molecule is CCC(C)Oc1ccc(C(=O)Nc2cc(N)ccc2F)cc1. The zero-order chi connectivity index (χ0) is 16.1. The van der Waals surface area contributed by atoms with Crippen LogP contribution in [0, 0.1) is 5.82 Å². The molecule has 0 heterocycles. The maximum atomic E-state index is 13.6. The largest absolute Gasteiger partial charge is 0.491 e. The molecule has 1 unspecified atom stereocenters. The molecule has 0 aliphatic carbocycles. The average Bonchev–Trinajstić information content (AvgIpc) is 2.51. The molecule has 2 rings (SSSR count). The molecule has 0 saturated heterocycles. The molecule has 116 valence electrons. The molecule has 2 aromatic carbocycles. The van der Waals surface area contributed by atoms with E-state index in [0.717, 1.165) is 6.42 Å². The van der Waals surface area contributed by atoms with Gasteiger partial charge in [0.25, 0.3) is 5.91 Å². The third-order valence-corrected chi connectivity index (χ3v) is 3.27. The van der Waals surface area contributed by atoms with Crippen LogP contribution in [0.4, 0.5) is 15.8 Å². The monoisotopic (exact) mass is 302 g/mol. The summed E-state index contributed by atoms with van der Waals surface area (Å²) in [5, 5.41) is 2.50. The van der Waals surface area contributed by atoms with Gasteiger partial charge in [0.05, 0.1) is 11.8 Å². The summed E-state index contributed by atoms with van der Waals surface area (Å²) in [5.41, 5.74) is 6.45. The lowest BCUT2D eigenvalue weighted by molar-refractivity contribution is 0.102. The van der Waals surface area contributed by atoms with Crippen molar-refractivity contribution in [2.45, 2.75) is 26.4 Å². The highest BCUT2D eigenvalue weighted by atomic mass is 19.1. The van der Waals surface area contributed by atoms with E-state index in [-0.39, 0.29) is 11.8 Å². The van der Waals surface area contributed by atoms with Gasteiger partial charge in [-0.2, -0.15) is 0 Å². The van der Waals surface area contributed by atoms with Crippen LogP contribution in [0.5, 0.6) is 5.75 Å². The Labute approximate surface area is 129 Å². The number of benzene rings is 2. The van der Waals surface area contributed by atoms with Gasteiger partial charge in [0, 0.05) is 11.3 Å². The molecule has 4 nitrogen and oxygen atoms in total. The number of halogens is 1. The molecular formula is C17H19FN2O2. The van der Waals surface area contributed by atoms with Crippen LogP contribution < -0.4 is 15.8 Å². The summed E-state index contributed by atoms with van der Waals surface area (Å²) in [6.45, 7) is 4.01. The Kier molecular flexibility index (Phi) is 4.99. The Morgan fingerprint density at radius 3 is 2.59 bits per heavy atom. The predicted molar refractivity (Wildman–Crippen MR) is 85.6 cm³/mol. The number of hydrogen-bond donors (Lipinski definition) is 2. The van der Waals surface area contributed by atoms with Crippen molar-refractivity contribution >= 4 is 17.3 Å². The quantitative estimate of drug-likeness (QED) is 0.825. The van der Waals surface area contributed by atoms with Gasteiger partial charge < -0.3 is 15.8 Å². The zero-order valence-corrected chi connectivity index (χ0v) is 12.6. The Hall–Kier alpha value is -2.56. The van der Waals surface area contributed by atoms with Crippen molar-refractivity contribution < 1.29 is 13.9 Å². The van der Waals surface area contributed by atoms with Crippen LogP contribution in [0.15, 0.2) is 42.5 Å². The zero-order valence-electron chi connectivity index (χ0n) is 12.6. The highest BCUT2D eigenvalue weighted by Crippen LogP contribution is 2.19. The lowest BCUT2D eigenvalue weighted by atomic mass is 10.2. The first kappa shape index (κ1) is 15.8. The number of carbonyl (C=O) groups is 1. The third kappa shape index (κ3) is 3.97. The molecule has 0 saturated carbocycles. The first-order valence-corrected chi connectivity index (χ1v) is 7.12. The molecule has 0 fully saturated rings. The molecule has 0 aromatic heterocycles. The van der Waals surface area contributed by atoms with E-state index in [9.17, 15) is 9.18 Å². The van der Waals surface area contributed by atoms with Gasteiger partial charge in [-0.25, -0.2) is 4.39 Å². The van der Waals surface area contributed by atoms with Crippen LogP contribution >= 0.6 is 0 Å². The van der Waals surface area contributed by atoms with E-state index < -0.39 is 11.7 Å². The minimum Gasteiger partial charge on any atom is -0.491 e. The van der Waals surface area contributed by atoms with Gasteiger partial charge in [0.1, 0.15) is 11.6 Å². The smallest absolute Gasteiger partial charge is 0.255 e. The number of hydrogen-bond acceptors (Lipinski definition) is 3. The van der Waals surface area contributed by atoms with E-state index >= 15 is 0 Å². The van der Waals surface area contributed by atoms with Gasteiger partial charge in [-0.15, -0.1) is 0 Å². The molecule has 0 bridgehead atoms. The number of anilines is 2. The van der Waals surface area contributed by atoms with Crippen LogP contribution in [0.2, 0.25) is 0 Å². The maximum absolute atomic E-state index is 13.6. The van der Waals surface area contributed by atoms with Crippen LogP contribution in [-0.2, 0) is 0 Å². The molecule has 3 N–H and O–H groups in total. The topological polar surface area (TPSA) is 64.3 Å². The maximum Gasteiger partial charge on any atom is 0.255 e. The minimum atomic E-state index is -0.528. The van der Waals surface area contributed by atoms with Crippen molar-refractivity contribution in [2.75, 3.05) is 11.1 Å². The van der Waals surface area contributed by atoms with Crippen molar-refractivity contribution in [3.63, 3.8) is 0 Å². The van der Waals surface area contributed by atoms with E-state index in [1.54, 1.807) is 24.3 Å². The van der Waals surface area contributed by atoms with Crippen LogP contribution in [0.3, 0.4) is 0 Å². The molecule has 0 aliphatic heterocycles. The summed E-state index contributed by atoms with van der Waals surface area (Å²) in [6.07, 6.45) is 1.01. The molecule has 1 atom stereocenters. The van der Waals surface area contributed by atoms with Gasteiger partial charge in [0.2, 0.25) is 0 Å². The lowest BCUT2D eigenvalue weighted by Crippen LogP contribution is -2.13. The van der Waals surface area contributed by atoms with Crippen molar-refractivity contribution in [3.05, 3.63) is 53.8 Å². The van der Waals surface area contributed by atoms with E-state index in [1.165, 1.54) is 18.2 Å². The second-order valence-corrected chi connectivity index (χ2v) is 5.05. The fraction of sp³-hybridized carbons (Fsp3) is 0.235. The molecule has 1 amide bonds. The van der Waals surface area contributed by atoms with E-state index in [4.69, 9.17) is 10.5 Å². The normalized spacial score (nSPS) is 11.8. The van der Waals surface area contributed by atoms with Crippen LogP contribution in [0.1, 0.15) is 30.6 Å². The standard InChI is InChI=1S/C17H19FN2O2/c1-3-11(2)22-14-7-4-12(5-8-14)17(21)20-16-10-13(19)6-9-15(16)18/h4-11H,3,19H2,1-2H3,(H,20,21). The molecule has 2 aromatic rings. The number of nitrogen functional groups attached to an aromatic ring is 1. The van der Waals surface area contributed by atoms with Crippen molar-refractivity contribution in [1.29, 1.82) is 0 Å². The number of amides is 1. The highest BCUT2D eigenvalue weighted by molar-refractivity contribution is 6.04. The lowest BCUT2D eigenvalue weighted by Gasteiger charge is -2.13. The molecule has 22 heavy (non-hydrogen) atoms. The van der Waals surface area contributed by atoms with Gasteiger partial charge in [-0.05, 0) is 55.8 Å². The summed E-state index contributed by atoms with van der Waals surface area (Å²) < 4.78 is 19.2. The number of ether oxygens (including phenoxy) is 1. The predicted octanol–water partition coefficient (Wildman–Crippen LogP) is 3.84. The van der Waals surface area contributed by atoms with E-state index in [0.29, 0.717) is 17.0 Å². The van der Waals surface area contributed by atoms with Gasteiger partial charge in [-0.3, -0.25) is 4.79 Å². The van der Waals surface area contributed by atoms with Crippen LogP contribution in [-0.4, -0.2) is 12.0 Å². The molecule has 0 aliphatic rings. The van der Waals surface area contributed by atoms with E-state index in [2.05, 4.69) is 5.32 Å². The van der Waals surface area contributed by atoms with E-state index in [1.807, 2.05) is 13.8 Å². The fourth-order valence-corrected chi connectivity index (χ4v) is 1.83. The summed E-state index contributed by atoms with van der Waals surface area (Å²) in [4.78, 5) is 12.1. The third-order valence-electron chi connectivity index (χ3n) is 3.27. The fourth-order valence-electron chi connectivity index (χ4n) is 1.83. The first-order valence-electron chi connectivity index (χ1n) is 7.12. The van der Waals surface area contributed by atoms with Crippen LogP contribution in [0.25, 0.3) is 0 Å². The van der Waals surface area contributed by atoms with Crippen molar-refractivity contribution in [3.8, 4) is 5.75 Å². The summed E-state index contributed by atoms with van der Waals surface area (Å²) >= 11 is 0. The molecular weight excluding hydrogens is 283 g/mol. The number of nitrogens with two attached hydrogens (primary N) is 1. The van der Waals surface area contributed by atoms with Gasteiger partial charge in [0.15, 0.2) is 0 Å². The Balaban J connectivity index is 2.08. The number of carbonyl (C=O) groups excluding carboxylic acids is 1. The summed E-state index contributed by atoms with van der Waals surface area (Å²) in [6, 6.07) is 10.7. The first-order chi connectivity index (χ1) is 10.5. The summed E-state index contributed by atoms with van der Waals surface area (Å²) in [5.74, 6) is -0.236. The van der Waals surface area contributed by atoms with Crippen molar-refractivity contribution in [1.82, 2.24) is 0 Å². The molecule has 0 spiro atoms. The second kappa shape index (κ2) is 6.93. The molecule has 0 radical (unpaired) electrons. The number of rotatable bonds is 5. The summed E-state index contributed by atoms with van der Waals surface area (Å²) in [7, 11) is 0. The number of nitrogens with one attached hydrogen (secondary N) is 1. The Bertz CT molecular complexity index is 656. The van der Waals surface area contributed by atoms with Gasteiger partial charge in [-0.1, -0.05) is 6.92 Å².